The molecule has 4 aromatic rings. The van der Waals surface area contributed by atoms with Gasteiger partial charge in [-0.05, 0) is 0 Å². The molecule has 0 heterocycles. The number of aryl methyl sites for hydroxylation is 2. The molecule has 0 N–H and O–H groups in total. The molecule has 0 unspecified atom stereocenters. The van der Waals surface area contributed by atoms with E-state index in [1.807, 2.05) is 0 Å². The van der Waals surface area contributed by atoms with Gasteiger partial charge in [-0.2, -0.15) is 35.4 Å². The average molecular weight is 658 g/mol. The van der Waals surface area contributed by atoms with Gasteiger partial charge in [0.15, 0.2) is 0 Å². The Balaban J connectivity index is 0.000000485. The molecule has 0 aromatic heterocycles. The second-order valence-corrected chi connectivity index (χ2v) is 9.70. The van der Waals surface area contributed by atoms with Gasteiger partial charge in [0.2, 0.25) is 0 Å². The number of hydrogen-bond acceptors (Lipinski definition) is 0. The van der Waals surface area contributed by atoms with Crippen molar-refractivity contribution in [3.63, 3.8) is 0 Å². The van der Waals surface area contributed by atoms with Gasteiger partial charge in [-0.1, -0.05) is 52.4 Å². The van der Waals surface area contributed by atoms with Crippen LogP contribution in [0.5, 0.6) is 0 Å². The molecular weight excluding hydrogens is 622 g/mol. The van der Waals surface area contributed by atoms with Crippen molar-refractivity contribution in [2.75, 3.05) is 0 Å². The van der Waals surface area contributed by atoms with Crippen molar-refractivity contribution in [3.8, 4) is 0 Å². The Morgan fingerprint density at radius 3 is 1.18 bits per heavy atom. The second-order valence-electron chi connectivity index (χ2n) is 7.90. The molecule has 0 atom stereocenters. The van der Waals surface area contributed by atoms with Crippen molar-refractivity contribution < 1.29 is 48.7 Å². The molecule has 0 saturated carbocycles. The molecule has 0 bridgehead atoms. The zero-order valence-electron chi connectivity index (χ0n) is 20.4. The Kier molecular flexibility index (Phi) is 19.9. The van der Waals surface area contributed by atoms with Gasteiger partial charge in [0.05, 0.1) is 0 Å². The van der Waals surface area contributed by atoms with Crippen LogP contribution in [0.25, 0.3) is 0 Å². The van der Waals surface area contributed by atoms with Gasteiger partial charge in [-0.25, -0.2) is 24.3 Å². The van der Waals surface area contributed by atoms with Crippen LogP contribution in [0.1, 0.15) is 61.8 Å². The van der Waals surface area contributed by atoms with E-state index in [1.165, 1.54) is 64.0 Å². The zero-order chi connectivity index (χ0) is 22.9. The third kappa shape index (κ3) is 13.4. The van der Waals surface area contributed by atoms with Gasteiger partial charge < -0.3 is 24.8 Å². The van der Waals surface area contributed by atoms with Crippen LogP contribution in [-0.4, -0.2) is 3.26 Å². The molecule has 4 aromatic carbocycles. The van der Waals surface area contributed by atoms with Gasteiger partial charge in [-0.3, -0.25) is 0 Å². The molecule has 0 aliphatic carbocycles. The number of rotatable bonds is 8. The Morgan fingerprint density at radius 1 is 0.559 bits per heavy atom. The molecule has 0 radical (unpaired) electrons. The fourth-order valence-corrected chi connectivity index (χ4v) is 4.50. The van der Waals surface area contributed by atoms with Gasteiger partial charge in [-0.15, -0.1) is 0 Å². The van der Waals surface area contributed by atoms with E-state index in [-0.39, 0.29) is 24.8 Å². The SMILES string of the molecule is CCCC[c-]1cccc1.CCCC[c-]1cccc1.[Cl-].[Cl-].[Hf+2]=[C](c1ccccc1)c1ccccc1. The van der Waals surface area contributed by atoms with E-state index in [4.69, 9.17) is 0 Å². The monoisotopic (exact) mass is 658 g/mol. The summed E-state index contributed by atoms with van der Waals surface area (Å²) in [6, 6.07) is 38.4. The molecule has 0 nitrogen and oxygen atoms in total. The van der Waals surface area contributed by atoms with Crippen molar-refractivity contribution >= 4 is 3.26 Å². The summed E-state index contributed by atoms with van der Waals surface area (Å²) in [4.78, 5) is 0. The minimum atomic E-state index is 0. The summed E-state index contributed by atoms with van der Waals surface area (Å²) in [5, 5.41) is 0. The van der Waals surface area contributed by atoms with Crippen LogP contribution in [0.2, 0.25) is 0 Å². The van der Waals surface area contributed by atoms with Crippen LogP contribution < -0.4 is 24.8 Å². The van der Waals surface area contributed by atoms with Crippen LogP contribution in [0.3, 0.4) is 0 Å². The van der Waals surface area contributed by atoms with Gasteiger partial charge in [0, 0.05) is 0 Å². The van der Waals surface area contributed by atoms with E-state index in [1.54, 1.807) is 0 Å². The quantitative estimate of drug-likeness (QED) is 0.202. The zero-order valence-corrected chi connectivity index (χ0v) is 25.5. The molecule has 4 rings (SSSR count). The fourth-order valence-electron chi connectivity index (χ4n) is 3.30. The van der Waals surface area contributed by atoms with E-state index in [2.05, 4.69) is 123 Å². The first-order valence-electron chi connectivity index (χ1n) is 11.8. The molecular formula is C31H36Cl2Hf-2. The number of unbranched alkanes of at least 4 members (excludes halogenated alkanes) is 2. The molecule has 3 heteroatoms. The van der Waals surface area contributed by atoms with Crippen LogP contribution >= 0.6 is 0 Å². The summed E-state index contributed by atoms with van der Waals surface area (Å²) < 4.78 is 1.46. The van der Waals surface area contributed by atoms with E-state index in [0.29, 0.717) is 0 Å². The summed E-state index contributed by atoms with van der Waals surface area (Å²) in [7, 11) is 0. The summed E-state index contributed by atoms with van der Waals surface area (Å²) in [6.45, 7) is 4.45. The topological polar surface area (TPSA) is 0 Å². The molecule has 0 aliphatic rings. The van der Waals surface area contributed by atoms with E-state index >= 15 is 0 Å². The standard InChI is InChI=1S/C13H10.2C9H13.2ClH.Hf/c1-3-7-12(8-4-1)11-13-9-5-2-6-10-13;2*1-2-3-6-9-7-4-5-8-9;;;/h1-10H;2*4-5,7-8H,2-3,6H2,1H3;2*1H;/q;2*-1;;;+2/p-2. The van der Waals surface area contributed by atoms with Gasteiger partial charge in [0.25, 0.3) is 0 Å². The second kappa shape index (κ2) is 20.8. The van der Waals surface area contributed by atoms with E-state index in [0.717, 1.165) is 23.9 Å². The summed E-state index contributed by atoms with van der Waals surface area (Å²) >= 11 is 1.08. The third-order valence-corrected chi connectivity index (χ3v) is 7.30. The summed E-state index contributed by atoms with van der Waals surface area (Å²) in [6.07, 6.45) is 7.75. The number of halogens is 2. The van der Waals surface area contributed by atoms with Crippen molar-refractivity contribution in [2.24, 2.45) is 0 Å². The number of benzene rings is 2. The maximum absolute atomic E-state index is 2.23. The Hall–Kier alpha value is -1.54. The molecule has 0 spiro atoms. The predicted molar refractivity (Wildman–Crippen MR) is 137 cm³/mol. The Morgan fingerprint density at radius 2 is 0.882 bits per heavy atom. The molecule has 180 valence electrons. The van der Waals surface area contributed by atoms with Crippen molar-refractivity contribution in [2.45, 2.75) is 52.4 Å². The Bertz CT molecular complexity index is 864. The molecule has 0 aliphatic heterocycles. The summed E-state index contributed by atoms with van der Waals surface area (Å²) in [5.41, 5.74) is 5.67. The average Bonchev–Trinajstić information content (AvgIpc) is 3.57. The van der Waals surface area contributed by atoms with E-state index < -0.39 is 0 Å². The normalized spacial score (nSPS) is 9.29. The first kappa shape index (κ1) is 32.5. The van der Waals surface area contributed by atoms with Crippen molar-refractivity contribution in [1.82, 2.24) is 0 Å². The van der Waals surface area contributed by atoms with Gasteiger partial charge >= 0.3 is 98.9 Å². The predicted octanol–water partition coefficient (Wildman–Crippen LogP) is 2.31. The molecule has 0 fully saturated rings. The van der Waals surface area contributed by atoms with Crippen LogP contribution in [0.15, 0.2) is 109 Å². The van der Waals surface area contributed by atoms with Crippen LogP contribution in [0, 0.1) is 0 Å². The van der Waals surface area contributed by atoms with Crippen LogP contribution in [-0.2, 0) is 36.7 Å². The molecule has 0 amide bonds. The fraction of sp³-hybridized carbons (Fsp3) is 0.258. The van der Waals surface area contributed by atoms with Gasteiger partial charge in [0.1, 0.15) is 0 Å². The van der Waals surface area contributed by atoms with Crippen LogP contribution in [0.4, 0.5) is 0 Å². The molecule has 34 heavy (non-hydrogen) atoms. The number of hydrogen-bond donors (Lipinski definition) is 0. The first-order valence-corrected chi connectivity index (χ1v) is 13.6. The third-order valence-electron chi connectivity index (χ3n) is 5.23. The van der Waals surface area contributed by atoms with Crippen molar-refractivity contribution in [1.29, 1.82) is 0 Å². The Labute approximate surface area is 234 Å². The first-order chi connectivity index (χ1) is 15.7. The molecule has 0 saturated heterocycles. The van der Waals surface area contributed by atoms with Crippen molar-refractivity contribution in [3.05, 3.63) is 131 Å². The van der Waals surface area contributed by atoms with E-state index in [9.17, 15) is 0 Å². The summed E-state index contributed by atoms with van der Waals surface area (Å²) in [5.74, 6) is 0. The maximum atomic E-state index is 2.23. The minimum absolute atomic E-state index is 0.